The molecule has 0 saturated heterocycles. The molecule has 0 saturated carbocycles. The van der Waals surface area contributed by atoms with Gasteiger partial charge in [0, 0.05) is 16.9 Å². The summed E-state index contributed by atoms with van der Waals surface area (Å²) in [5, 5.41) is 3.13. The van der Waals surface area contributed by atoms with E-state index < -0.39 is 0 Å². The van der Waals surface area contributed by atoms with Gasteiger partial charge in [0.15, 0.2) is 5.78 Å². The van der Waals surface area contributed by atoms with Gasteiger partial charge in [-0.3, -0.25) is 9.59 Å². The van der Waals surface area contributed by atoms with E-state index >= 15 is 0 Å². The molecule has 0 aromatic heterocycles. The second-order valence-electron chi connectivity index (χ2n) is 6.43. The molecule has 0 radical (unpaired) electrons. The first-order chi connectivity index (χ1) is 12.6. The van der Waals surface area contributed by atoms with Crippen molar-refractivity contribution in [1.29, 1.82) is 0 Å². The molecule has 26 heavy (non-hydrogen) atoms. The van der Waals surface area contributed by atoms with Crippen molar-refractivity contribution in [3.05, 3.63) is 64.7 Å². The molecule has 1 aliphatic carbocycles. The van der Waals surface area contributed by atoms with Crippen LogP contribution >= 0.6 is 11.8 Å². The molecular weight excluding hydrogens is 346 g/mol. The summed E-state index contributed by atoms with van der Waals surface area (Å²) >= 11 is 1.53. The molecule has 0 heterocycles. The minimum absolute atomic E-state index is 0.0246. The van der Waals surface area contributed by atoms with Crippen LogP contribution in [0.4, 0.5) is 0 Å². The maximum atomic E-state index is 12.3. The van der Waals surface area contributed by atoms with Gasteiger partial charge < -0.3 is 10.1 Å². The predicted octanol–water partition coefficient (Wildman–Crippen LogP) is 3.93. The molecule has 4 nitrogen and oxygen atoms in total. The van der Waals surface area contributed by atoms with Crippen LogP contribution in [0.25, 0.3) is 0 Å². The van der Waals surface area contributed by atoms with E-state index in [1.54, 1.807) is 20.1 Å². The zero-order chi connectivity index (χ0) is 18.5. The van der Waals surface area contributed by atoms with Crippen molar-refractivity contribution in [3.63, 3.8) is 0 Å². The SMILES string of the molecule is COc1ccc(C(C)=O)cc1CSCC(=O)NC1CCc2ccccc21. The van der Waals surface area contributed by atoms with E-state index in [0.717, 1.165) is 24.2 Å². The van der Waals surface area contributed by atoms with Crippen LogP contribution in [0.3, 0.4) is 0 Å². The van der Waals surface area contributed by atoms with Gasteiger partial charge in [-0.15, -0.1) is 11.8 Å². The molecule has 0 bridgehead atoms. The van der Waals surface area contributed by atoms with E-state index in [1.165, 1.54) is 22.9 Å². The van der Waals surface area contributed by atoms with Crippen LogP contribution in [-0.2, 0) is 17.0 Å². The van der Waals surface area contributed by atoms with Crippen LogP contribution in [0, 0.1) is 0 Å². The van der Waals surface area contributed by atoms with E-state index in [-0.39, 0.29) is 17.7 Å². The highest BCUT2D eigenvalue weighted by Gasteiger charge is 2.23. The number of carbonyl (C=O) groups excluding carboxylic acids is 2. The molecule has 1 atom stereocenters. The smallest absolute Gasteiger partial charge is 0.230 e. The molecule has 3 rings (SSSR count). The number of amides is 1. The topological polar surface area (TPSA) is 55.4 Å². The quantitative estimate of drug-likeness (QED) is 0.751. The summed E-state index contributed by atoms with van der Waals surface area (Å²) < 4.78 is 5.36. The van der Waals surface area contributed by atoms with Crippen molar-refractivity contribution in [2.24, 2.45) is 0 Å². The van der Waals surface area contributed by atoms with Gasteiger partial charge in [0.1, 0.15) is 5.75 Å². The number of nitrogens with one attached hydrogen (secondary N) is 1. The number of carbonyl (C=O) groups is 2. The Bertz CT molecular complexity index is 819. The second-order valence-corrected chi connectivity index (χ2v) is 7.42. The van der Waals surface area contributed by atoms with Gasteiger partial charge in [-0.2, -0.15) is 0 Å². The minimum atomic E-state index is 0.0246. The summed E-state index contributed by atoms with van der Waals surface area (Å²) in [6.07, 6.45) is 1.98. The van der Waals surface area contributed by atoms with Crippen LogP contribution in [0.2, 0.25) is 0 Å². The minimum Gasteiger partial charge on any atom is -0.496 e. The first-order valence-corrected chi connectivity index (χ1v) is 9.86. The van der Waals surface area contributed by atoms with Crippen LogP contribution in [0.1, 0.15) is 46.4 Å². The van der Waals surface area contributed by atoms with Gasteiger partial charge in [-0.05, 0) is 49.1 Å². The Balaban J connectivity index is 1.54. The van der Waals surface area contributed by atoms with Crippen molar-refractivity contribution < 1.29 is 14.3 Å². The van der Waals surface area contributed by atoms with E-state index in [4.69, 9.17) is 4.74 Å². The van der Waals surface area contributed by atoms with Crippen LogP contribution in [-0.4, -0.2) is 24.6 Å². The fourth-order valence-electron chi connectivity index (χ4n) is 3.31. The summed E-state index contributed by atoms with van der Waals surface area (Å²) in [4.78, 5) is 23.9. The maximum absolute atomic E-state index is 12.3. The van der Waals surface area contributed by atoms with Gasteiger partial charge in [0.25, 0.3) is 0 Å². The number of Topliss-reactive ketones (excluding diaryl/α,β-unsaturated/α-hetero) is 1. The highest BCUT2D eigenvalue weighted by Crippen LogP contribution is 2.31. The predicted molar refractivity (Wildman–Crippen MR) is 105 cm³/mol. The van der Waals surface area contributed by atoms with Crippen LogP contribution < -0.4 is 10.1 Å². The van der Waals surface area contributed by atoms with E-state index in [9.17, 15) is 9.59 Å². The van der Waals surface area contributed by atoms with E-state index in [1.807, 2.05) is 24.3 Å². The fourth-order valence-corrected chi connectivity index (χ4v) is 4.12. The summed E-state index contributed by atoms with van der Waals surface area (Å²) in [6.45, 7) is 1.55. The van der Waals surface area contributed by atoms with Gasteiger partial charge in [0.2, 0.25) is 5.91 Å². The Morgan fingerprint density at radius 1 is 1.23 bits per heavy atom. The van der Waals surface area contributed by atoms with Crippen molar-refractivity contribution in [2.75, 3.05) is 12.9 Å². The average molecular weight is 369 g/mol. The molecule has 0 spiro atoms. The lowest BCUT2D eigenvalue weighted by Gasteiger charge is -2.14. The summed E-state index contributed by atoms with van der Waals surface area (Å²) in [5.41, 5.74) is 4.16. The second kappa shape index (κ2) is 8.41. The molecule has 136 valence electrons. The van der Waals surface area contributed by atoms with Gasteiger partial charge in [-0.25, -0.2) is 0 Å². The van der Waals surface area contributed by atoms with Crippen molar-refractivity contribution in [3.8, 4) is 5.75 Å². The summed E-state index contributed by atoms with van der Waals surface area (Å²) in [5.74, 6) is 1.81. The first kappa shape index (κ1) is 18.5. The lowest BCUT2D eigenvalue weighted by Crippen LogP contribution is -2.28. The van der Waals surface area contributed by atoms with E-state index in [0.29, 0.717) is 17.1 Å². The van der Waals surface area contributed by atoms with Crippen molar-refractivity contribution in [2.45, 2.75) is 31.6 Å². The zero-order valence-corrected chi connectivity index (χ0v) is 15.9. The van der Waals surface area contributed by atoms with Crippen LogP contribution in [0.5, 0.6) is 5.75 Å². The maximum Gasteiger partial charge on any atom is 0.230 e. The number of thioether (sulfide) groups is 1. The zero-order valence-electron chi connectivity index (χ0n) is 15.1. The highest BCUT2D eigenvalue weighted by atomic mass is 32.2. The number of benzene rings is 2. The lowest BCUT2D eigenvalue weighted by molar-refractivity contribution is -0.119. The lowest BCUT2D eigenvalue weighted by atomic mass is 10.1. The average Bonchev–Trinajstić information content (AvgIpc) is 3.04. The van der Waals surface area contributed by atoms with Crippen LogP contribution in [0.15, 0.2) is 42.5 Å². The Morgan fingerprint density at radius 3 is 2.81 bits per heavy atom. The number of ketones is 1. The highest BCUT2D eigenvalue weighted by molar-refractivity contribution is 7.99. The molecule has 1 N–H and O–H groups in total. The monoisotopic (exact) mass is 369 g/mol. The van der Waals surface area contributed by atoms with Gasteiger partial charge in [-0.1, -0.05) is 24.3 Å². The largest absolute Gasteiger partial charge is 0.496 e. The number of methoxy groups -OCH3 is 1. The molecule has 2 aromatic rings. The third kappa shape index (κ3) is 4.28. The normalized spacial score (nSPS) is 15.4. The molecular formula is C21H23NO3S. The number of ether oxygens (including phenoxy) is 1. The number of rotatable bonds is 7. The fraction of sp³-hybridized carbons (Fsp3) is 0.333. The Morgan fingerprint density at radius 2 is 2.04 bits per heavy atom. The third-order valence-corrected chi connectivity index (χ3v) is 5.63. The molecule has 0 aliphatic heterocycles. The van der Waals surface area contributed by atoms with Crippen molar-refractivity contribution in [1.82, 2.24) is 5.32 Å². The molecule has 2 aromatic carbocycles. The summed E-state index contributed by atoms with van der Waals surface area (Å²) in [7, 11) is 1.61. The molecule has 5 heteroatoms. The third-order valence-electron chi connectivity index (χ3n) is 4.65. The Kier molecular flexibility index (Phi) is 5.99. The Labute approximate surface area is 158 Å². The van der Waals surface area contributed by atoms with Gasteiger partial charge in [0.05, 0.1) is 18.9 Å². The molecule has 0 fully saturated rings. The van der Waals surface area contributed by atoms with Crippen molar-refractivity contribution >= 4 is 23.5 Å². The number of fused-ring (bicyclic) bond motifs is 1. The molecule has 1 aliphatic rings. The standard InChI is InChI=1S/C21H23NO3S/c1-14(23)16-8-10-20(25-2)17(11-16)12-26-13-21(24)22-19-9-7-15-5-3-4-6-18(15)19/h3-6,8,10-11,19H,7,9,12-13H2,1-2H3,(H,22,24). The first-order valence-electron chi connectivity index (χ1n) is 8.71. The Hall–Kier alpha value is -2.27. The number of hydrogen-bond donors (Lipinski definition) is 1. The summed E-state index contributed by atoms with van der Waals surface area (Å²) in [6, 6.07) is 13.8. The van der Waals surface area contributed by atoms with Gasteiger partial charge >= 0.3 is 0 Å². The molecule has 1 unspecified atom stereocenters. The number of hydrogen-bond acceptors (Lipinski definition) is 4. The molecule has 1 amide bonds. The van der Waals surface area contributed by atoms with E-state index in [2.05, 4.69) is 17.4 Å². The number of aryl methyl sites for hydroxylation is 1.